The molecule has 1 aromatic rings. The minimum absolute atomic E-state index is 0.0220. The van der Waals surface area contributed by atoms with E-state index in [1.165, 1.54) is 50.6 Å². The summed E-state index contributed by atoms with van der Waals surface area (Å²) in [7, 11) is 3.11. The van der Waals surface area contributed by atoms with E-state index in [1.807, 2.05) is 0 Å². The van der Waals surface area contributed by atoms with E-state index in [2.05, 4.69) is 4.98 Å². The molecule has 1 unspecified atom stereocenters. The zero-order chi connectivity index (χ0) is 13.0. The number of carbonyl (C=O) groups is 1. The third-order valence-electron chi connectivity index (χ3n) is 3.49. The SMILES string of the molecule is COC(=O)c1cnc(C(OC)C2CCCCC2)s1. The molecule has 18 heavy (non-hydrogen) atoms. The van der Waals surface area contributed by atoms with E-state index in [-0.39, 0.29) is 12.1 Å². The molecule has 1 aliphatic carbocycles. The molecular weight excluding hydrogens is 250 g/mol. The van der Waals surface area contributed by atoms with Gasteiger partial charge in [0.25, 0.3) is 0 Å². The average molecular weight is 269 g/mol. The van der Waals surface area contributed by atoms with Crippen molar-refractivity contribution in [3.05, 3.63) is 16.1 Å². The second kappa shape index (κ2) is 6.29. The highest BCUT2D eigenvalue weighted by Crippen LogP contribution is 2.37. The second-order valence-corrected chi connectivity index (χ2v) is 5.67. The van der Waals surface area contributed by atoms with Gasteiger partial charge in [0.2, 0.25) is 0 Å². The maximum absolute atomic E-state index is 11.4. The molecule has 2 rings (SSSR count). The van der Waals surface area contributed by atoms with Crippen molar-refractivity contribution in [2.45, 2.75) is 38.2 Å². The first-order valence-electron chi connectivity index (χ1n) is 6.33. The van der Waals surface area contributed by atoms with E-state index in [1.54, 1.807) is 13.3 Å². The van der Waals surface area contributed by atoms with E-state index in [4.69, 9.17) is 9.47 Å². The fourth-order valence-electron chi connectivity index (χ4n) is 2.55. The lowest BCUT2D eigenvalue weighted by molar-refractivity contribution is 0.0352. The van der Waals surface area contributed by atoms with Crippen LogP contribution in [0.15, 0.2) is 6.20 Å². The van der Waals surface area contributed by atoms with Gasteiger partial charge in [0, 0.05) is 7.11 Å². The van der Waals surface area contributed by atoms with E-state index in [9.17, 15) is 4.79 Å². The Hall–Kier alpha value is -0.940. The molecule has 0 spiro atoms. The molecule has 1 fully saturated rings. The summed E-state index contributed by atoms with van der Waals surface area (Å²) in [5.41, 5.74) is 0. The topological polar surface area (TPSA) is 48.4 Å². The molecule has 0 radical (unpaired) electrons. The number of hydrogen-bond acceptors (Lipinski definition) is 5. The van der Waals surface area contributed by atoms with Crippen molar-refractivity contribution >= 4 is 17.3 Å². The number of thiazole rings is 1. The Morgan fingerprint density at radius 3 is 2.72 bits per heavy atom. The average Bonchev–Trinajstić information content (AvgIpc) is 2.89. The first kappa shape index (κ1) is 13.5. The van der Waals surface area contributed by atoms with Gasteiger partial charge in [-0.1, -0.05) is 19.3 Å². The highest BCUT2D eigenvalue weighted by Gasteiger charge is 2.28. The summed E-state index contributed by atoms with van der Waals surface area (Å²) in [6.45, 7) is 0. The molecule has 0 aliphatic heterocycles. The molecule has 5 heteroatoms. The number of carbonyl (C=O) groups excluding carboxylic acids is 1. The van der Waals surface area contributed by atoms with Gasteiger partial charge in [-0.3, -0.25) is 0 Å². The van der Waals surface area contributed by atoms with Crippen molar-refractivity contribution in [1.29, 1.82) is 0 Å². The van der Waals surface area contributed by atoms with Gasteiger partial charge in [-0.25, -0.2) is 9.78 Å². The van der Waals surface area contributed by atoms with E-state index >= 15 is 0 Å². The highest BCUT2D eigenvalue weighted by molar-refractivity contribution is 7.13. The fourth-order valence-corrected chi connectivity index (χ4v) is 3.55. The first-order valence-corrected chi connectivity index (χ1v) is 7.14. The van der Waals surface area contributed by atoms with Crippen LogP contribution in [0.25, 0.3) is 0 Å². The van der Waals surface area contributed by atoms with E-state index < -0.39 is 0 Å². The van der Waals surface area contributed by atoms with Crippen LogP contribution in [0.3, 0.4) is 0 Å². The molecule has 1 atom stereocenters. The number of esters is 1. The molecule has 1 heterocycles. The van der Waals surface area contributed by atoms with E-state index in [0.29, 0.717) is 10.8 Å². The quantitative estimate of drug-likeness (QED) is 0.788. The Kier molecular flexibility index (Phi) is 4.72. The largest absolute Gasteiger partial charge is 0.465 e. The van der Waals surface area contributed by atoms with Gasteiger partial charge in [-0.2, -0.15) is 0 Å². The number of aromatic nitrogens is 1. The van der Waals surface area contributed by atoms with Gasteiger partial charge in [-0.15, -0.1) is 11.3 Å². The van der Waals surface area contributed by atoms with Crippen molar-refractivity contribution in [3.63, 3.8) is 0 Å². The third kappa shape index (κ3) is 2.90. The summed E-state index contributed by atoms with van der Waals surface area (Å²) in [5, 5.41) is 0.893. The Morgan fingerprint density at radius 1 is 1.39 bits per heavy atom. The Bertz CT molecular complexity index is 399. The standard InChI is InChI=1S/C13H19NO3S/c1-16-11(9-6-4-3-5-7-9)12-14-8-10(18-12)13(15)17-2/h8-9,11H,3-7H2,1-2H3. The monoisotopic (exact) mass is 269 g/mol. The maximum Gasteiger partial charge on any atom is 0.349 e. The second-order valence-electron chi connectivity index (χ2n) is 4.61. The minimum atomic E-state index is -0.322. The lowest BCUT2D eigenvalue weighted by Gasteiger charge is -2.27. The van der Waals surface area contributed by atoms with Crippen molar-refractivity contribution < 1.29 is 14.3 Å². The molecule has 0 amide bonds. The number of methoxy groups -OCH3 is 2. The lowest BCUT2D eigenvalue weighted by atomic mass is 9.85. The van der Waals surface area contributed by atoms with Crippen LogP contribution in [0.2, 0.25) is 0 Å². The summed E-state index contributed by atoms with van der Waals surface area (Å²) in [5.74, 6) is 0.206. The molecule has 1 aromatic heterocycles. The molecule has 4 nitrogen and oxygen atoms in total. The van der Waals surface area contributed by atoms with Crippen molar-refractivity contribution in [3.8, 4) is 0 Å². The molecule has 100 valence electrons. The fraction of sp³-hybridized carbons (Fsp3) is 0.692. The predicted octanol–water partition coefficient (Wildman–Crippen LogP) is 3.20. The van der Waals surface area contributed by atoms with Crippen molar-refractivity contribution in [1.82, 2.24) is 4.98 Å². The van der Waals surface area contributed by atoms with Crippen LogP contribution in [0.5, 0.6) is 0 Å². The zero-order valence-electron chi connectivity index (χ0n) is 10.8. The van der Waals surface area contributed by atoms with Crippen LogP contribution in [0.4, 0.5) is 0 Å². The predicted molar refractivity (Wildman–Crippen MR) is 69.8 cm³/mol. The van der Waals surface area contributed by atoms with Gasteiger partial charge < -0.3 is 9.47 Å². The molecule has 0 saturated heterocycles. The molecule has 0 bridgehead atoms. The Labute approximate surface area is 111 Å². The van der Waals surface area contributed by atoms with Crippen LogP contribution in [-0.2, 0) is 9.47 Å². The smallest absolute Gasteiger partial charge is 0.349 e. The van der Waals surface area contributed by atoms with E-state index in [0.717, 1.165) is 5.01 Å². The van der Waals surface area contributed by atoms with Crippen molar-refractivity contribution in [2.24, 2.45) is 5.92 Å². The Balaban J connectivity index is 2.11. The maximum atomic E-state index is 11.4. The summed E-state index contributed by atoms with van der Waals surface area (Å²) in [6, 6.07) is 0. The summed E-state index contributed by atoms with van der Waals surface area (Å²) < 4.78 is 10.3. The summed E-state index contributed by atoms with van der Waals surface area (Å²) in [6.07, 6.45) is 7.82. The molecule has 1 saturated carbocycles. The zero-order valence-corrected chi connectivity index (χ0v) is 11.7. The minimum Gasteiger partial charge on any atom is -0.465 e. The normalized spacial score (nSPS) is 18.6. The number of nitrogens with zero attached hydrogens (tertiary/aromatic N) is 1. The number of rotatable bonds is 4. The van der Waals surface area contributed by atoms with Gasteiger partial charge in [0.15, 0.2) is 0 Å². The van der Waals surface area contributed by atoms with Crippen LogP contribution < -0.4 is 0 Å². The molecule has 0 N–H and O–H groups in total. The molecular formula is C13H19NO3S. The first-order chi connectivity index (χ1) is 8.76. The van der Waals surface area contributed by atoms with Gasteiger partial charge >= 0.3 is 5.97 Å². The Morgan fingerprint density at radius 2 is 2.11 bits per heavy atom. The van der Waals surface area contributed by atoms with Crippen LogP contribution >= 0.6 is 11.3 Å². The van der Waals surface area contributed by atoms with Crippen LogP contribution in [0, 0.1) is 5.92 Å². The van der Waals surface area contributed by atoms with Crippen LogP contribution in [-0.4, -0.2) is 25.2 Å². The summed E-state index contributed by atoms with van der Waals surface area (Å²) in [4.78, 5) is 16.3. The van der Waals surface area contributed by atoms with Crippen LogP contribution in [0.1, 0.15) is 52.9 Å². The van der Waals surface area contributed by atoms with Gasteiger partial charge in [0.05, 0.1) is 13.3 Å². The highest BCUT2D eigenvalue weighted by atomic mass is 32.1. The number of ether oxygens (including phenoxy) is 2. The summed E-state index contributed by atoms with van der Waals surface area (Å²) >= 11 is 1.38. The molecule has 0 aromatic carbocycles. The molecule has 1 aliphatic rings. The third-order valence-corrected chi connectivity index (χ3v) is 4.52. The van der Waals surface area contributed by atoms with Gasteiger partial charge in [-0.05, 0) is 18.8 Å². The van der Waals surface area contributed by atoms with Gasteiger partial charge in [0.1, 0.15) is 16.0 Å². The van der Waals surface area contributed by atoms with Crippen molar-refractivity contribution in [2.75, 3.05) is 14.2 Å². The lowest BCUT2D eigenvalue weighted by Crippen LogP contribution is -2.17. The number of hydrogen-bond donors (Lipinski definition) is 0.